The van der Waals surface area contributed by atoms with Crippen LogP contribution in [0.2, 0.25) is 0 Å². The van der Waals surface area contributed by atoms with Crippen LogP contribution >= 0.6 is 15.9 Å². The van der Waals surface area contributed by atoms with E-state index in [9.17, 15) is 19.3 Å². The van der Waals surface area contributed by atoms with Crippen LogP contribution in [0.5, 0.6) is 0 Å². The number of nitrogens with one attached hydrogen (secondary N) is 1. The van der Waals surface area contributed by atoms with E-state index in [1.165, 1.54) is 0 Å². The zero-order valence-corrected chi connectivity index (χ0v) is 12.3. The van der Waals surface area contributed by atoms with Gasteiger partial charge in [-0.15, -0.1) is 0 Å². The second kappa shape index (κ2) is 6.45. The molecule has 0 aliphatic heterocycles. The lowest BCUT2D eigenvalue weighted by atomic mass is 10.1. The van der Waals surface area contributed by atoms with Gasteiger partial charge in [-0.1, -0.05) is 28.1 Å². The van der Waals surface area contributed by atoms with Crippen molar-refractivity contribution in [2.75, 3.05) is 0 Å². The van der Waals surface area contributed by atoms with Crippen LogP contribution in [-0.4, -0.2) is 10.8 Å². The number of nitro benzene ring substituents is 1. The summed E-state index contributed by atoms with van der Waals surface area (Å²) in [4.78, 5) is 21.6. The third-order valence-electron chi connectivity index (χ3n) is 2.77. The van der Waals surface area contributed by atoms with Crippen LogP contribution < -0.4 is 5.32 Å². The fourth-order valence-electron chi connectivity index (χ4n) is 1.68. The molecule has 7 heteroatoms. The van der Waals surface area contributed by atoms with Crippen molar-refractivity contribution in [1.82, 2.24) is 5.32 Å². The summed E-state index contributed by atoms with van der Waals surface area (Å²) in [7, 11) is 0. The van der Waals surface area contributed by atoms with E-state index in [0.717, 1.165) is 28.2 Å². The van der Waals surface area contributed by atoms with Gasteiger partial charge in [-0.3, -0.25) is 14.9 Å². The smallest absolute Gasteiger partial charge is 0.272 e. The normalized spacial score (nSPS) is 10.2. The Morgan fingerprint density at radius 1 is 1.24 bits per heavy atom. The molecule has 2 aromatic rings. The topological polar surface area (TPSA) is 72.2 Å². The van der Waals surface area contributed by atoms with Crippen molar-refractivity contribution in [2.24, 2.45) is 0 Å². The van der Waals surface area contributed by atoms with Crippen LogP contribution in [0, 0.1) is 15.9 Å². The maximum absolute atomic E-state index is 13.7. The molecule has 0 atom stereocenters. The molecular formula is C14H10BrFN2O3. The van der Waals surface area contributed by atoms with Gasteiger partial charge in [-0.25, -0.2) is 4.39 Å². The van der Waals surface area contributed by atoms with Gasteiger partial charge in [0.15, 0.2) is 0 Å². The minimum Gasteiger partial charge on any atom is -0.348 e. The Hall–Kier alpha value is -2.28. The van der Waals surface area contributed by atoms with E-state index in [0.29, 0.717) is 0 Å². The molecule has 0 aliphatic rings. The largest absolute Gasteiger partial charge is 0.348 e. The number of rotatable bonds is 4. The number of carbonyl (C=O) groups excluding carboxylic acids is 1. The van der Waals surface area contributed by atoms with Gasteiger partial charge in [-0.05, 0) is 23.8 Å². The highest BCUT2D eigenvalue weighted by atomic mass is 79.9. The molecule has 0 saturated carbocycles. The predicted molar refractivity (Wildman–Crippen MR) is 78.4 cm³/mol. The van der Waals surface area contributed by atoms with Crippen LogP contribution in [0.1, 0.15) is 15.9 Å². The number of nitrogens with zero attached hydrogens (tertiary/aromatic N) is 1. The summed E-state index contributed by atoms with van der Waals surface area (Å²) in [6, 6.07) is 10.2. The molecule has 0 aromatic heterocycles. The molecule has 21 heavy (non-hydrogen) atoms. The van der Waals surface area contributed by atoms with Crippen molar-refractivity contribution in [2.45, 2.75) is 6.54 Å². The highest BCUT2D eigenvalue weighted by Gasteiger charge is 2.15. The highest BCUT2D eigenvalue weighted by Crippen LogP contribution is 2.16. The van der Waals surface area contributed by atoms with Crippen LogP contribution in [0.15, 0.2) is 46.9 Å². The van der Waals surface area contributed by atoms with Gasteiger partial charge in [0, 0.05) is 17.1 Å². The Morgan fingerprint density at radius 2 is 1.90 bits per heavy atom. The number of nitro groups is 1. The van der Waals surface area contributed by atoms with E-state index in [4.69, 9.17) is 0 Å². The van der Waals surface area contributed by atoms with E-state index in [1.807, 2.05) is 24.3 Å². The van der Waals surface area contributed by atoms with E-state index >= 15 is 0 Å². The molecule has 0 saturated heterocycles. The number of benzene rings is 2. The molecule has 2 aromatic carbocycles. The number of non-ortho nitro benzene ring substituents is 1. The summed E-state index contributed by atoms with van der Waals surface area (Å²) in [6.45, 7) is 0.239. The summed E-state index contributed by atoms with van der Waals surface area (Å²) in [6.07, 6.45) is 0. The minimum absolute atomic E-state index is 0.224. The molecule has 2 rings (SSSR count). The SMILES string of the molecule is O=C(NCc1ccc(Br)cc1)c1ccc([N+](=O)[O-])cc1F. The van der Waals surface area contributed by atoms with Gasteiger partial charge in [0.2, 0.25) is 0 Å². The van der Waals surface area contributed by atoms with Crippen molar-refractivity contribution in [3.63, 3.8) is 0 Å². The third kappa shape index (κ3) is 3.85. The second-order valence-electron chi connectivity index (χ2n) is 4.23. The Labute approximate surface area is 128 Å². The van der Waals surface area contributed by atoms with Gasteiger partial charge >= 0.3 is 0 Å². The quantitative estimate of drug-likeness (QED) is 0.676. The first-order valence-electron chi connectivity index (χ1n) is 5.94. The molecule has 0 spiro atoms. The van der Waals surface area contributed by atoms with Gasteiger partial charge in [0.25, 0.3) is 11.6 Å². The lowest BCUT2D eigenvalue weighted by molar-refractivity contribution is -0.385. The zero-order chi connectivity index (χ0) is 15.4. The number of hydrogen-bond acceptors (Lipinski definition) is 3. The number of carbonyl (C=O) groups is 1. The standard InChI is InChI=1S/C14H10BrFN2O3/c15-10-3-1-9(2-4-10)8-17-14(19)12-6-5-11(18(20)21)7-13(12)16/h1-7H,8H2,(H,17,19). The van der Waals surface area contributed by atoms with Crippen molar-refractivity contribution in [3.05, 3.63) is 74.0 Å². The van der Waals surface area contributed by atoms with Crippen molar-refractivity contribution >= 4 is 27.5 Å². The molecule has 1 amide bonds. The summed E-state index contributed by atoms with van der Waals surface area (Å²) in [5, 5.41) is 13.1. The van der Waals surface area contributed by atoms with Crippen LogP contribution in [0.4, 0.5) is 10.1 Å². The second-order valence-corrected chi connectivity index (χ2v) is 5.15. The molecule has 108 valence electrons. The van der Waals surface area contributed by atoms with Gasteiger partial charge in [0.1, 0.15) is 5.82 Å². The molecular weight excluding hydrogens is 343 g/mol. The average Bonchev–Trinajstić information content (AvgIpc) is 2.46. The summed E-state index contributed by atoms with van der Waals surface area (Å²) >= 11 is 3.30. The van der Waals surface area contributed by atoms with Crippen molar-refractivity contribution in [1.29, 1.82) is 0 Å². The first-order chi connectivity index (χ1) is 9.97. The number of amides is 1. The maximum Gasteiger partial charge on any atom is 0.272 e. The Morgan fingerprint density at radius 3 is 2.48 bits per heavy atom. The van der Waals surface area contributed by atoms with Crippen LogP contribution in [0.25, 0.3) is 0 Å². The van der Waals surface area contributed by atoms with Gasteiger partial charge in [0.05, 0.1) is 16.6 Å². The predicted octanol–water partition coefficient (Wildman–Crippen LogP) is 3.43. The fraction of sp³-hybridized carbons (Fsp3) is 0.0714. The van der Waals surface area contributed by atoms with E-state index in [1.54, 1.807) is 0 Å². The van der Waals surface area contributed by atoms with E-state index < -0.39 is 22.3 Å². The first kappa shape index (κ1) is 15.1. The molecule has 0 radical (unpaired) electrons. The molecule has 0 fully saturated rings. The number of halogens is 2. The Bertz CT molecular complexity index is 689. The third-order valence-corrected chi connectivity index (χ3v) is 3.30. The average molecular weight is 353 g/mol. The molecule has 0 bridgehead atoms. The van der Waals surface area contributed by atoms with Gasteiger partial charge < -0.3 is 5.32 Å². The Balaban J connectivity index is 2.06. The van der Waals surface area contributed by atoms with Crippen molar-refractivity contribution in [3.8, 4) is 0 Å². The Kier molecular flexibility index (Phi) is 4.64. The monoisotopic (exact) mass is 352 g/mol. The van der Waals surface area contributed by atoms with Gasteiger partial charge in [-0.2, -0.15) is 0 Å². The first-order valence-corrected chi connectivity index (χ1v) is 6.73. The molecule has 0 unspecified atom stereocenters. The molecule has 5 nitrogen and oxygen atoms in total. The zero-order valence-electron chi connectivity index (χ0n) is 10.7. The minimum atomic E-state index is -0.919. The lowest BCUT2D eigenvalue weighted by Crippen LogP contribution is -2.23. The summed E-state index contributed by atoms with van der Waals surface area (Å²) in [5.41, 5.74) is 0.239. The number of hydrogen-bond donors (Lipinski definition) is 1. The van der Waals surface area contributed by atoms with E-state index in [2.05, 4.69) is 21.2 Å². The van der Waals surface area contributed by atoms with E-state index in [-0.39, 0.29) is 12.1 Å². The highest BCUT2D eigenvalue weighted by molar-refractivity contribution is 9.10. The summed E-state index contributed by atoms with van der Waals surface area (Å²) < 4.78 is 14.6. The van der Waals surface area contributed by atoms with Crippen LogP contribution in [0.3, 0.4) is 0 Å². The lowest BCUT2D eigenvalue weighted by Gasteiger charge is -2.06. The van der Waals surface area contributed by atoms with Crippen molar-refractivity contribution < 1.29 is 14.1 Å². The molecule has 1 N–H and O–H groups in total. The maximum atomic E-state index is 13.7. The van der Waals surface area contributed by atoms with Crippen LogP contribution in [-0.2, 0) is 6.54 Å². The summed E-state index contributed by atoms with van der Waals surface area (Å²) in [5.74, 6) is -1.54. The molecule has 0 aliphatic carbocycles. The fourth-order valence-corrected chi connectivity index (χ4v) is 1.95. The molecule has 0 heterocycles.